The molecule has 0 amide bonds. The minimum absolute atomic E-state index is 0.00365. The second-order valence-corrected chi connectivity index (χ2v) is 9.30. The van der Waals surface area contributed by atoms with Gasteiger partial charge >= 0.3 is 5.97 Å². The smallest absolute Gasteiger partial charge is 0.338 e. The zero-order valence-corrected chi connectivity index (χ0v) is 20.5. The van der Waals surface area contributed by atoms with Gasteiger partial charge in [0.25, 0.3) is 0 Å². The highest BCUT2D eigenvalue weighted by molar-refractivity contribution is 5.89. The Morgan fingerprint density at radius 2 is 1.52 bits per heavy atom. The molecule has 0 saturated carbocycles. The van der Waals surface area contributed by atoms with Crippen molar-refractivity contribution in [3.63, 3.8) is 0 Å². The summed E-state index contributed by atoms with van der Waals surface area (Å²) in [5.74, 6) is -2.16. The topological polar surface area (TPSA) is 207 Å². The summed E-state index contributed by atoms with van der Waals surface area (Å²) in [4.78, 5) is 25.1. The minimum atomic E-state index is -1.73. The van der Waals surface area contributed by atoms with Crippen LogP contribution >= 0.6 is 0 Å². The third-order valence-electron chi connectivity index (χ3n) is 6.61. The van der Waals surface area contributed by atoms with Gasteiger partial charge in [-0.15, -0.1) is 0 Å². The summed E-state index contributed by atoms with van der Waals surface area (Å²) >= 11 is 0. The van der Waals surface area contributed by atoms with Crippen LogP contribution in [0.1, 0.15) is 22.0 Å². The third-order valence-corrected chi connectivity index (χ3v) is 6.61. The van der Waals surface area contributed by atoms with E-state index in [1.165, 1.54) is 48.5 Å². The van der Waals surface area contributed by atoms with Gasteiger partial charge in [0.05, 0.1) is 5.56 Å². The van der Waals surface area contributed by atoms with E-state index in [1.807, 2.05) is 0 Å². The molecule has 1 fully saturated rings. The lowest BCUT2D eigenvalue weighted by Crippen LogP contribution is -2.55. The average Bonchev–Trinajstić information content (AvgIpc) is 2.92. The predicted octanol–water partition coefficient (Wildman–Crippen LogP) is 1.66. The quantitative estimate of drug-likeness (QED) is 0.139. The van der Waals surface area contributed by atoms with Crippen LogP contribution < -0.4 is 5.43 Å². The molecule has 1 aliphatic rings. The molecule has 5 rings (SSSR count). The molecule has 12 nitrogen and oxygen atoms in total. The number of phenols is 4. The van der Waals surface area contributed by atoms with Gasteiger partial charge < -0.3 is 49.6 Å². The van der Waals surface area contributed by atoms with Crippen molar-refractivity contribution in [1.29, 1.82) is 0 Å². The molecule has 2 heterocycles. The minimum Gasteiger partial charge on any atom is -0.508 e. The van der Waals surface area contributed by atoms with E-state index in [0.29, 0.717) is 0 Å². The van der Waals surface area contributed by atoms with Crippen LogP contribution in [0.25, 0.3) is 22.3 Å². The van der Waals surface area contributed by atoms with Gasteiger partial charge in [-0.25, -0.2) is 4.79 Å². The van der Waals surface area contributed by atoms with Crippen LogP contribution in [0.4, 0.5) is 0 Å². The fourth-order valence-corrected chi connectivity index (χ4v) is 4.47. The standard InChI is InChI=1S/C28H24O12/c29-15-4-1-12(2-5-15)28(37)38-11-22-24(34)25(35)26(36)27(40-22)14-8-18(32)23-19(33)10-20(39-21(23)9-14)13-3-6-16(30)17(31)7-13/h1-10,22,24-27,29-32,34-36H,11H2/t22-,24-,25+,26-,27+/m1/s1. The molecule has 12 heteroatoms. The average molecular weight is 552 g/mol. The second-order valence-electron chi connectivity index (χ2n) is 9.30. The first-order valence-corrected chi connectivity index (χ1v) is 12.0. The number of aliphatic hydroxyl groups excluding tert-OH is 3. The summed E-state index contributed by atoms with van der Waals surface area (Å²) in [6.07, 6.45) is -7.69. The van der Waals surface area contributed by atoms with E-state index in [4.69, 9.17) is 13.9 Å². The van der Waals surface area contributed by atoms with E-state index in [9.17, 15) is 45.3 Å². The van der Waals surface area contributed by atoms with E-state index < -0.39 is 60.0 Å². The molecular formula is C28H24O12. The number of carbonyl (C=O) groups excluding carboxylic acids is 1. The molecule has 0 radical (unpaired) electrons. The molecule has 0 spiro atoms. The van der Waals surface area contributed by atoms with E-state index in [1.54, 1.807) is 0 Å². The molecule has 1 aromatic heterocycles. The molecule has 1 saturated heterocycles. The predicted molar refractivity (Wildman–Crippen MR) is 137 cm³/mol. The fourth-order valence-electron chi connectivity index (χ4n) is 4.47. The van der Waals surface area contributed by atoms with Crippen LogP contribution in [0.15, 0.2) is 69.9 Å². The molecule has 0 aliphatic carbocycles. The Morgan fingerprint density at radius 3 is 2.23 bits per heavy atom. The maximum absolute atomic E-state index is 12.8. The Labute approximate surface area is 225 Å². The normalized spacial score (nSPS) is 22.7. The van der Waals surface area contributed by atoms with Crippen molar-refractivity contribution in [1.82, 2.24) is 0 Å². The van der Waals surface area contributed by atoms with Crippen LogP contribution in [0.2, 0.25) is 0 Å². The lowest BCUT2D eigenvalue weighted by atomic mass is 9.90. The monoisotopic (exact) mass is 552 g/mol. The molecule has 3 aromatic carbocycles. The first kappa shape index (κ1) is 27.0. The summed E-state index contributed by atoms with van der Waals surface area (Å²) in [6, 6.07) is 12.6. The zero-order valence-electron chi connectivity index (χ0n) is 20.5. The van der Waals surface area contributed by atoms with Gasteiger partial charge in [-0.05, 0) is 60.2 Å². The number of hydrogen-bond donors (Lipinski definition) is 7. The lowest BCUT2D eigenvalue weighted by Gasteiger charge is -2.40. The summed E-state index contributed by atoms with van der Waals surface area (Å²) in [5, 5.41) is 70.8. The number of aromatic hydroxyl groups is 4. The van der Waals surface area contributed by atoms with Crippen LogP contribution in [0.3, 0.4) is 0 Å². The lowest BCUT2D eigenvalue weighted by molar-refractivity contribution is -0.231. The summed E-state index contributed by atoms with van der Waals surface area (Å²) in [5.41, 5.74) is -0.286. The Hall–Kier alpha value is -4.62. The number of aliphatic hydroxyl groups is 3. The van der Waals surface area contributed by atoms with Crippen molar-refractivity contribution in [3.05, 3.63) is 82.0 Å². The number of carbonyl (C=O) groups is 1. The number of rotatable bonds is 5. The van der Waals surface area contributed by atoms with Crippen LogP contribution in [-0.4, -0.2) is 72.7 Å². The number of ether oxygens (including phenoxy) is 2. The third kappa shape index (κ3) is 5.03. The molecule has 7 N–H and O–H groups in total. The second kappa shape index (κ2) is 10.5. The number of hydrogen-bond acceptors (Lipinski definition) is 12. The van der Waals surface area contributed by atoms with E-state index in [0.717, 1.165) is 12.1 Å². The first-order chi connectivity index (χ1) is 19.0. The van der Waals surface area contributed by atoms with Gasteiger partial charge in [0.15, 0.2) is 16.9 Å². The van der Waals surface area contributed by atoms with Gasteiger partial charge in [0, 0.05) is 11.6 Å². The molecule has 208 valence electrons. The first-order valence-electron chi connectivity index (χ1n) is 12.0. The van der Waals surface area contributed by atoms with Gasteiger partial charge in [-0.2, -0.15) is 0 Å². The van der Waals surface area contributed by atoms with Crippen LogP contribution in [-0.2, 0) is 9.47 Å². The number of esters is 1. The van der Waals surface area contributed by atoms with Crippen molar-refractivity contribution in [2.45, 2.75) is 30.5 Å². The van der Waals surface area contributed by atoms with E-state index >= 15 is 0 Å². The van der Waals surface area contributed by atoms with Gasteiger partial charge in [0.1, 0.15) is 65.4 Å². The number of benzene rings is 3. The summed E-state index contributed by atoms with van der Waals surface area (Å²) in [6.45, 7) is -0.510. The molecule has 0 bridgehead atoms. The van der Waals surface area contributed by atoms with Crippen molar-refractivity contribution in [2.75, 3.05) is 6.61 Å². The van der Waals surface area contributed by atoms with Crippen molar-refractivity contribution >= 4 is 16.9 Å². The SMILES string of the molecule is O=C(OC[C@H]1O[C@@H](c2cc(O)c3c(=O)cc(-c4ccc(O)c(O)c4)oc3c2)[C@H](O)[C@@H](O)[C@@H]1O)c1ccc(O)cc1. The van der Waals surface area contributed by atoms with Crippen LogP contribution in [0.5, 0.6) is 23.0 Å². The maximum Gasteiger partial charge on any atom is 0.338 e. The van der Waals surface area contributed by atoms with E-state index in [-0.39, 0.29) is 44.9 Å². The molecule has 5 atom stereocenters. The van der Waals surface area contributed by atoms with E-state index in [2.05, 4.69) is 0 Å². The van der Waals surface area contributed by atoms with Gasteiger partial charge in [-0.3, -0.25) is 4.79 Å². The highest BCUT2D eigenvalue weighted by atomic mass is 16.6. The molecule has 1 aliphatic heterocycles. The van der Waals surface area contributed by atoms with Crippen molar-refractivity contribution < 1.29 is 54.4 Å². The highest BCUT2D eigenvalue weighted by Gasteiger charge is 2.45. The highest BCUT2D eigenvalue weighted by Crippen LogP contribution is 2.38. The van der Waals surface area contributed by atoms with Crippen LogP contribution in [0, 0.1) is 0 Å². The van der Waals surface area contributed by atoms with Gasteiger partial charge in [0.2, 0.25) is 0 Å². The fraction of sp³-hybridized carbons (Fsp3) is 0.214. The Morgan fingerprint density at radius 1 is 0.800 bits per heavy atom. The van der Waals surface area contributed by atoms with Crippen molar-refractivity contribution in [3.8, 4) is 34.3 Å². The summed E-state index contributed by atoms with van der Waals surface area (Å²) in [7, 11) is 0. The van der Waals surface area contributed by atoms with Crippen molar-refractivity contribution in [2.24, 2.45) is 0 Å². The molecular weight excluding hydrogens is 528 g/mol. The Bertz CT molecular complexity index is 1630. The maximum atomic E-state index is 12.8. The number of fused-ring (bicyclic) bond motifs is 1. The number of phenolic OH excluding ortho intramolecular Hbond substituents is 4. The Balaban J connectivity index is 1.45. The largest absolute Gasteiger partial charge is 0.508 e. The Kier molecular flexibility index (Phi) is 7.08. The zero-order chi connectivity index (χ0) is 28.7. The molecule has 4 aromatic rings. The summed E-state index contributed by atoms with van der Waals surface area (Å²) < 4.78 is 16.8. The molecule has 0 unspecified atom stereocenters. The molecule has 40 heavy (non-hydrogen) atoms. The van der Waals surface area contributed by atoms with Gasteiger partial charge in [-0.1, -0.05) is 0 Å².